The maximum Gasteiger partial charge on any atom is 0.225 e. The van der Waals surface area contributed by atoms with Gasteiger partial charge in [0.05, 0.1) is 34.1 Å². The monoisotopic (exact) mass is 145 g/mol. The number of quaternary nitrogens is 1. The predicted octanol–water partition coefficient (Wildman–Crippen LogP) is -0.171. The van der Waals surface area contributed by atoms with E-state index in [9.17, 15) is 4.79 Å². The Hall–Kier alpha value is -0.570. The average molecular weight is 145 g/mol. The fourth-order valence-electron chi connectivity index (χ4n) is 0.562. The van der Waals surface area contributed by atoms with Gasteiger partial charge in [-0.05, 0) is 0 Å². The molecule has 0 fully saturated rings. The van der Waals surface area contributed by atoms with Crippen molar-refractivity contribution in [2.45, 2.75) is 6.42 Å². The van der Waals surface area contributed by atoms with Gasteiger partial charge in [0.15, 0.2) is 0 Å². The molecule has 60 valence electrons. The summed E-state index contributed by atoms with van der Waals surface area (Å²) in [5.41, 5.74) is 0. The molecule has 0 aliphatic carbocycles. The zero-order valence-electron chi connectivity index (χ0n) is 7.27. The van der Waals surface area contributed by atoms with Crippen LogP contribution in [0.15, 0.2) is 0 Å². The lowest BCUT2D eigenvalue weighted by Gasteiger charge is -2.23. The predicted molar refractivity (Wildman–Crippen MR) is 41.6 cm³/mol. The molecule has 0 heterocycles. The summed E-state index contributed by atoms with van der Waals surface area (Å²) >= 11 is 0. The van der Waals surface area contributed by atoms with Crippen molar-refractivity contribution in [3.8, 4) is 0 Å². The lowest BCUT2D eigenvalue weighted by atomic mass is 10.3. The van der Waals surface area contributed by atoms with E-state index < -0.39 is 0 Å². The van der Waals surface area contributed by atoms with E-state index in [0.717, 1.165) is 11.0 Å². The van der Waals surface area contributed by atoms with Gasteiger partial charge in [0, 0.05) is 7.05 Å². The number of hydrogen-bond donors (Lipinski definition) is 1. The lowest BCUT2D eigenvalue weighted by Crippen LogP contribution is -2.37. The van der Waals surface area contributed by atoms with E-state index in [4.69, 9.17) is 0 Å². The molecule has 0 aliphatic rings. The summed E-state index contributed by atoms with van der Waals surface area (Å²) in [4.78, 5) is 10.7. The molecule has 0 aromatic heterocycles. The number of hydrogen-bond acceptors (Lipinski definition) is 1. The van der Waals surface area contributed by atoms with Crippen LogP contribution >= 0.6 is 0 Å². The highest BCUT2D eigenvalue weighted by Crippen LogP contribution is 1.92. The van der Waals surface area contributed by atoms with Gasteiger partial charge in [0.25, 0.3) is 0 Å². The van der Waals surface area contributed by atoms with Crippen molar-refractivity contribution in [2.75, 3.05) is 34.7 Å². The van der Waals surface area contributed by atoms with Gasteiger partial charge in [0.2, 0.25) is 5.91 Å². The molecule has 0 aromatic rings. The molecule has 3 nitrogen and oxygen atoms in total. The number of nitrogens with one attached hydrogen (secondary N) is 1. The summed E-state index contributed by atoms with van der Waals surface area (Å²) in [6.45, 7) is 0.889. The zero-order valence-corrected chi connectivity index (χ0v) is 7.27. The molecular formula is C7H17N2O+. The van der Waals surface area contributed by atoms with Crippen LogP contribution in [0.4, 0.5) is 0 Å². The van der Waals surface area contributed by atoms with Gasteiger partial charge in [-0.15, -0.1) is 0 Å². The third-order valence-corrected chi connectivity index (χ3v) is 1.29. The quantitative estimate of drug-likeness (QED) is 0.549. The van der Waals surface area contributed by atoms with Crippen LogP contribution in [-0.2, 0) is 4.79 Å². The van der Waals surface area contributed by atoms with E-state index in [2.05, 4.69) is 26.5 Å². The van der Waals surface area contributed by atoms with Crippen LogP contribution in [0, 0.1) is 0 Å². The Morgan fingerprint density at radius 3 is 2.20 bits per heavy atom. The number of carbonyl (C=O) groups is 1. The maximum atomic E-state index is 10.7. The Kier molecular flexibility index (Phi) is 3.36. The van der Waals surface area contributed by atoms with Gasteiger partial charge >= 0.3 is 0 Å². The van der Waals surface area contributed by atoms with E-state index in [0.29, 0.717) is 6.42 Å². The molecule has 0 bridgehead atoms. The third kappa shape index (κ3) is 5.56. The number of rotatable bonds is 3. The molecule has 0 aliphatic heterocycles. The van der Waals surface area contributed by atoms with Crippen LogP contribution in [0.3, 0.4) is 0 Å². The summed E-state index contributed by atoms with van der Waals surface area (Å²) in [5.74, 6) is 0.119. The van der Waals surface area contributed by atoms with Crippen molar-refractivity contribution in [3.63, 3.8) is 0 Å². The van der Waals surface area contributed by atoms with Crippen molar-refractivity contribution in [2.24, 2.45) is 0 Å². The molecule has 0 rings (SSSR count). The summed E-state index contributed by atoms with van der Waals surface area (Å²) in [5, 5.41) is 2.59. The van der Waals surface area contributed by atoms with Crippen LogP contribution in [0.25, 0.3) is 0 Å². The second-order valence-electron chi connectivity index (χ2n) is 3.44. The van der Waals surface area contributed by atoms with Crippen LogP contribution < -0.4 is 5.32 Å². The van der Waals surface area contributed by atoms with E-state index >= 15 is 0 Å². The van der Waals surface area contributed by atoms with Crippen LogP contribution in [0.5, 0.6) is 0 Å². The highest BCUT2D eigenvalue weighted by Gasteiger charge is 2.08. The van der Waals surface area contributed by atoms with Gasteiger partial charge in [-0.1, -0.05) is 0 Å². The number of amides is 1. The Labute approximate surface area is 62.6 Å². The minimum atomic E-state index is 0.119. The molecule has 10 heavy (non-hydrogen) atoms. The van der Waals surface area contributed by atoms with Gasteiger partial charge < -0.3 is 9.80 Å². The van der Waals surface area contributed by atoms with Crippen LogP contribution in [0.2, 0.25) is 0 Å². The first kappa shape index (κ1) is 9.43. The standard InChI is InChI=1S/C7H16N2O/c1-8-7(10)5-6-9(2,3)4/h5-6H2,1-4H3/p+1. The van der Waals surface area contributed by atoms with Crippen molar-refractivity contribution in [3.05, 3.63) is 0 Å². The van der Waals surface area contributed by atoms with Crippen molar-refractivity contribution < 1.29 is 9.28 Å². The fourth-order valence-corrected chi connectivity index (χ4v) is 0.562. The first-order valence-corrected chi connectivity index (χ1v) is 3.47. The highest BCUT2D eigenvalue weighted by molar-refractivity contribution is 5.75. The van der Waals surface area contributed by atoms with E-state index in [1.54, 1.807) is 7.05 Å². The molecule has 0 spiro atoms. The smallest absolute Gasteiger partial charge is 0.225 e. The SMILES string of the molecule is CNC(=O)CC[N+](C)(C)C. The van der Waals surface area contributed by atoms with Crippen LogP contribution in [0.1, 0.15) is 6.42 Å². The van der Waals surface area contributed by atoms with Gasteiger partial charge in [-0.25, -0.2) is 0 Å². The van der Waals surface area contributed by atoms with Crippen LogP contribution in [-0.4, -0.2) is 45.1 Å². The van der Waals surface area contributed by atoms with Gasteiger partial charge in [-0.2, -0.15) is 0 Å². The molecule has 0 unspecified atom stereocenters. The zero-order chi connectivity index (χ0) is 8.20. The highest BCUT2D eigenvalue weighted by atomic mass is 16.1. The Morgan fingerprint density at radius 1 is 1.40 bits per heavy atom. The molecule has 0 saturated carbocycles. The topological polar surface area (TPSA) is 29.1 Å². The minimum Gasteiger partial charge on any atom is -0.359 e. The van der Waals surface area contributed by atoms with Crippen molar-refractivity contribution >= 4 is 5.91 Å². The van der Waals surface area contributed by atoms with Crippen molar-refractivity contribution in [1.82, 2.24) is 5.32 Å². The fraction of sp³-hybridized carbons (Fsp3) is 0.857. The van der Waals surface area contributed by atoms with Gasteiger partial charge in [0.1, 0.15) is 0 Å². The first-order chi connectivity index (χ1) is 4.45. The summed E-state index contributed by atoms with van der Waals surface area (Å²) in [6, 6.07) is 0. The normalized spacial score (nSPS) is 11.2. The largest absolute Gasteiger partial charge is 0.359 e. The molecule has 1 N–H and O–H groups in total. The molecule has 0 atom stereocenters. The lowest BCUT2D eigenvalue weighted by molar-refractivity contribution is -0.869. The second kappa shape index (κ2) is 3.56. The number of carbonyl (C=O) groups excluding carboxylic acids is 1. The molecule has 0 saturated heterocycles. The van der Waals surface area contributed by atoms with E-state index in [-0.39, 0.29) is 5.91 Å². The van der Waals surface area contributed by atoms with E-state index in [1.807, 2.05) is 0 Å². The summed E-state index contributed by atoms with van der Waals surface area (Å²) < 4.78 is 0.841. The maximum absolute atomic E-state index is 10.7. The molecular weight excluding hydrogens is 128 g/mol. The van der Waals surface area contributed by atoms with Gasteiger partial charge in [-0.3, -0.25) is 4.79 Å². The first-order valence-electron chi connectivity index (χ1n) is 3.47. The summed E-state index contributed by atoms with van der Waals surface area (Å²) in [6.07, 6.45) is 0.611. The summed E-state index contributed by atoms with van der Waals surface area (Å²) in [7, 11) is 7.88. The average Bonchev–Trinajstić information content (AvgIpc) is 1.81. The van der Waals surface area contributed by atoms with E-state index in [1.165, 1.54) is 0 Å². The molecule has 0 radical (unpaired) electrons. The molecule has 3 heteroatoms. The Bertz CT molecular complexity index is 115. The second-order valence-corrected chi connectivity index (χ2v) is 3.44. The van der Waals surface area contributed by atoms with Crippen molar-refractivity contribution in [1.29, 1.82) is 0 Å². The minimum absolute atomic E-state index is 0.119. The number of nitrogens with zero attached hydrogens (tertiary/aromatic N) is 1. The Balaban J connectivity index is 3.46. The molecule has 0 aromatic carbocycles. The molecule has 1 amide bonds. The Morgan fingerprint density at radius 2 is 1.90 bits per heavy atom. The third-order valence-electron chi connectivity index (χ3n) is 1.29.